The van der Waals surface area contributed by atoms with Crippen molar-refractivity contribution in [2.45, 2.75) is 19.4 Å². The van der Waals surface area contributed by atoms with Crippen LogP contribution in [-0.4, -0.2) is 47.3 Å². The molecule has 168 valence electrons. The van der Waals surface area contributed by atoms with Crippen LogP contribution in [0.3, 0.4) is 0 Å². The van der Waals surface area contributed by atoms with E-state index in [0.29, 0.717) is 11.9 Å². The Morgan fingerprint density at radius 1 is 0.906 bits per heavy atom. The van der Waals surface area contributed by atoms with Crippen molar-refractivity contribution >= 4 is 54.9 Å². The van der Waals surface area contributed by atoms with Crippen LogP contribution in [0.5, 0.6) is 5.75 Å². The van der Waals surface area contributed by atoms with E-state index >= 15 is 0 Å². The molecule has 7 heteroatoms. The third-order valence-electron chi connectivity index (χ3n) is 6.27. The Kier molecular flexibility index (Phi) is 7.18. The number of aromatic hydroxyl groups is 1. The van der Waals surface area contributed by atoms with Gasteiger partial charge in [0, 0.05) is 54.7 Å². The predicted molar refractivity (Wildman–Crippen MR) is 140 cm³/mol. The molecule has 0 bridgehead atoms. The number of rotatable bonds is 6. The summed E-state index contributed by atoms with van der Waals surface area (Å²) in [5.41, 5.74) is 1.34. The van der Waals surface area contributed by atoms with E-state index in [-0.39, 0.29) is 28.3 Å². The summed E-state index contributed by atoms with van der Waals surface area (Å²) < 4.78 is 3.13. The van der Waals surface area contributed by atoms with Gasteiger partial charge in [0.25, 0.3) is 5.56 Å². The number of hydrogen-bond donors (Lipinski definition) is 1. The molecular weight excluding hydrogens is 486 g/mol. The van der Waals surface area contributed by atoms with Crippen molar-refractivity contribution in [1.29, 1.82) is 0 Å². The number of phenols is 1. The van der Waals surface area contributed by atoms with E-state index in [4.69, 9.17) is 0 Å². The van der Waals surface area contributed by atoms with Crippen LogP contribution < -0.4 is 10.5 Å². The molecule has 3 heterocycles. The molecule has 0 spiro atoms. The van der Waals surface area contributed by atoms with E-state index in [0.717, 1.165) is 51.0 Å². The second-order valence-corrected chi connectivity index (χ2v) is 9.18. The van der Waals surface area contributed by atoms with Gasteiger partial charge in [0.1, 0.15) is 5.75 Å². The molecule has 0 amide bonds. The molecule has 5 nitrogen and oxygen atoms in total. The van der Waals surface area contributed by atoms with Gasteiger partial charge in [0.05, 0.1) is 5.39 Å². The Labute approximate surface area is 202 Å². The van der Waals surface area contributed by atoms with Gasteiger partial charge in [-0.3, -0.25) is 9.69 Å². The number of hydrogen-bond acceptors (Lipinski definition) is 5. The van der Waals surface area contributed by atoms with Gasteiger partial charge in [-0.1, -0.05) is 12.1 Å². The number of thiophene rings is 1. The van der Waals surface area contributed by atoms with Gasteiger partial charge in [-0.2, -0.15) is 0 Å². The summed E-state index contributed by atoms with van der Waals surface area (Å²) in [5, 5.41) is 14.7. The van der Waals surface area contributed by atoms with E-state index in [1.807, 2.05) is 12.3 Å². The molecule has 0 aliphatic carbocycles. The highest BCUT2D eigenvalue weighted by Gasteiger charge is 2.18. The number of piperazine rings is 1. The minimum Gasteiger partial charge on any atom is -0.508 e. The van der Waals surface area contributed by atoms with Gasteiger partial charge in [-0.25, -0.2) is 0 Å². The number of phenolic OH excluding ortho intramolecular Hbond substituents is 1. The Balaban J connectivity index is 0.00000245. The minimum absolute atomic E-state index is 0. The van der Waals surface area contributed by atoms with Crippen LogP contribution >= 0.6 is 28.3 Å². The molecule has 0 saturated carbocycles. The first-order valence-electron chi connectivity index (χ1n) is 10.9. The second kappa shape index (κ2) is 10.1. The van der Waals surface area contributed by atoms with Crippen LogP contribution in [0.15, 0.2) is 64.9 Å². The summed E-state index contributed by atoms with van der Waals surface area (Å²) in [4.78, 5) is 17.7. The van der Waals surface area contributed by atoms with Crippen LogP contribution in [0, 0.1) is 0 Å². The highest BCUT2D eigenvalue weighted by Crippen LogP contribution is 2.31. The lowest BCUT2D eigenvalue weighted by Gasteiger charge is -2.36. The molecular formula is C25H28BrN3O2S. The van der Waals surface area contributed by atoms with Crippen LogP contribution in [0.25, 0.3) is 20.9 Å². The second-order valence-electron chi connectivity index (χ2n) is 8.23. The van der Waals surface area contributed by atoms with Crippen molar-refractivity contribution in [2.24, 2.45) is 0 Å². The minimum atomic E-state index is -0.0235. The molecule has 5 rings (SSSR count). The molecule has 1 saturated heterocycles. The van der Waals surface area contributed by atoms with Gasteiger partial charge in [-0.05, 0) is 66.6 Å². The molecule has 1 N–H and O–H groups in total. The lowest BCUT2D eigenvalue weighted by atomic mass is 10.1. The van der Waals surface area contributed by atoms with Crippen molar-refractivity contribution in [1.82, 2.24) is 9.47 Å². The monoisotopic (exact) mass is 513 g/mol. The van der Waals surface area contributed by atoms with Gasteiger partial charge in [-0.15, -0.1) is 28.3 Å². The van der Waals surface area contributed by atoms with Crippen LogP contribution in [0.1, 0.15) is 12.8 Å². The summed E-state index contributed by atoms with van der Waals surface area (Å²) in [6.45, 7) is 6.06. The highest BCUT2D eigenvalue weighted by atomic mass is 79.9. The van der Waals surface area contributed by atoms with Gasteiger partial charge >= 0.3 is 0 Å². The fraction of sp³-hybridized carbons (Fsp3) is 0.320. The van der Waals surface area contributed by atoms with Crippen molar-refractivity contribution in [2.75, 3.05) is 37.6 Å². The average molecular weight is 514 g/mol. The Morgan fingerprint density at radius 3 is 2.56 bits per heavy atom. The third kappa shape index (κ3) is 4.70. The predicted octanol–water partition coefficient (Wildman–Crippen LogP) is 5.10. The maximum Gasteiger partial charge on any atom is 0.258 e. The van der Waals surface area contributed by atoms with Crippen LogP contribution in [0.4, 0.5) is 5.69 Å². The first-order valence-corrected chi connectivity index (χ1v) is 11.8. The average Bonchev–Trinajstić information content (AvgIpc) is 3.28. The highest BCUT2D eigenvalue weighted by molar-refractivity contribution is 8.93. The van der Waals surface area contributed by atoms with E-state index in [1.54, 1.807) is 34.1 Å². The number of benzene rings is 2. The topological polar surface area (TPSA) is 48.7 Å². The standard InChI is InChI=1S/C25H27N3O2S.BrH/c29-20-7-6-19-8-12-28(25(30)22(19)18-20)11-2-1-10-26-13-15-27(16-14-26)23-4-3-5-24-21(23)9-17-31-24;/h3-9,12,17-18,29H,1-2,10-11,13-16H2;1H. The number of halogens is 1. The van der Waals surface area contributed by atoms with Gasteiger partial charge in [0.2, 0.25) is 0 Å². The molecule has 0 radical (unpaired) electrons. The summed E-state index contributed by atoms with van der Waals surface area (Å²) in [6, 6.07) is 15.7. The number of pyridine rings is 1. The maximum atomic E-state index is 12.7. The van der Waals surface area contributed by atoms with Crippen molar-refractivity contribution in [3.8, 4) is 5.75 Å². The lowest BCUT2D eigenvalue weighted by molar-refractivity contribution is 0.251. The zero-order valence-corrected chi connectivity index (χ0v) is 20.5. The molecule has 32 heavy (non-hydrogen) atoms. The van der Waals surface area contributed by atoms with E-state index < -0.39 is 0 Å². The first kappa shape index (κ1) is 22.8. The molecule has 1 aliphatic heterocycles. The lowest BCUT2D eigenvalue weighted by Crippen LogP contribution is -2.46. The fourth-order valence-electron chi connectivity index (χ4n) is 4.53. The normalized spacial score (nSPS) is 14.7. The van der Waals surface area contributed by atoms with Crippen LogP contribution in [-0.2, 0) is 6.54 Å². The number of nitrogens with zero attached hydrogens (tertiary/aromatic N) is 3. The molecule has 2 aromatic carbocycles. The first-order chi connectivity index (χ1) is 15.2. The zero-order chi connectivity index (χ0) is 21.2. The molecule has 0 unspecified atom stereocenters. The van der Waals surface area contributed by atoms with E-state index in [1.165, 1.54) is 15.8 Å². The zero-order valence-electron chi connectivity index (χ0n) is 17.9. The summed E-state index contributed by atoms with van der Waals surface area (Å²) in [5.74, 6) is 0.136. The number of fused-ring (bicyclic) bond motifs is 2. The van der Waals surface area contributed by atoms with Crippen LogP contribution in [0.2, 0.25) is 0 Å². The van der Waals surface area contributed by atoms with Gasteiger partial charge in [0.15, 0.2) is 0 Å². The Morgan fingerprint density at radius 2 is 1.72 bits per heavy atom. The molecule has 2 aromatic heterocycles. The molecule has 4 aromatic rings. The van der Waals surface area contributed by atoms with E-state index in [9.17, 15) is 9.90 Å². The number of anilines is 1. The van der Waals surface area contributed by atoms with Gasteiger partial charge < -0.3 is 14.6 Å². The summed E-state index contributed by atoms with van der Waals surface area (Å²) >= 11 is 1.81. The van der Waals surface area contributed by atoms with Crippen molar-refractivity contribution in [3.63, 3.8) is 0 Å². The Bertz CT molecular complexity index is 1260. The SMILES string of the molecule is Br.O=c1c2cc(O)ccc2ccn1CCCCN1CCN(c2cccc3sccc23)CC1. The molecule has 0 atom stereocenters. The Hall–Kier alpha value is -2.35. The van der Waals surface area contributed by atoms with E-state index in [2.05, 4.69) is 39.4 Å². The fourth-order valence-corrected chi connectivity index (χ4v) is 5.33. The quantitative estimate of drug-likeness (QED) is 0.364. The maximum absolute atomic E-state index is 12.7. The number of unbranched alkanes of at least 4 members (excludes halogenated alkanes) is 1. The van der Waals surface area contributed by atoms with Crippen molar-refractivity contribution < 1.29 is 5.11 Å². The largest absolute Gasteiger partial charge is 0.508 e. The number of aromatic nitrogens is 1. The summed E-state index contributed by atoms with van der Waals surface area (Å²) in [6.07, 6.45) is 3.91. The number of aryl methyl sites for hydroxylation is 1. The summed E-state index contributed by atoms with van der Waals surface area (Å²) in [7, 11) is 0. The smallest absolute Gasteiger partial charge is 0.258 e. The van der Waals surface area contributed by atoms with Crippen molar-refractivity contribution in [3.05, 3.63) is 70.5 Å². The molecule has 1 fully saturated rings. The third-order valence-corrected chi connectivity index (χ3v) is 7.15. The molecule has 1 aliphatic rings.